The molecule has 0 spiro atoms. The van der Waals surface area contributed by atoms with Crippen LogP contribution in [0.2, 0.25) is 0 Å². The Morgan fingerprint density at radius 2 is 1.85 bits per heavy atom. The topological polar surface area (TPSA) is 34.1 Å². The van der Waals surface area contributed by atoms with Gasteiger partial charge in [-0.1, -0.05) is 30.3 Å². The highest BCUT2D eigenvalue weighted by molar-refractivity contribution is 5.87. The van der Waals surface area contributed by atoms with Crippen molar-refractivity contribution >= 4 is 16.6 Å². The molecular formula is C20H17F3N2O. The van der Waals surface area contributed by atoms with E-state index < -0.39 is 6.36 Å². The second-order valence-electron chi connectivity index (χ2n) is 6.46. The summed E-state index contributed by atoms with van der Waals surface area (Å²) >= 11 is 0. The summed E-state index contributed by atoms with van der Waals surface area (Å²) in [6.07, 6.45) is -0.356. The van der Waals surface area contributed by atoms with Gasteiger partial charge in [-0.2, -0.15) is 0 Å². The molecule has 1 aliphatic carbocycles. The molecule has 1 aliphatic rings. The Morgan fingerprint density at radius 1 is 1.08 bits per heavy atom. The summed E-state index contributed by atoms with van der Waals surface area (Å²) in [5, 5.41) is 5.56. The Bertz CT molecular complexity index is 918. The lowest BCUT2D eigenvalue weighted by Gasteiger charge is -2.11. The number of hydrogen-bond acceptors (Lipinski definition) is 3. The van der Waals surface area contributed by atoms with Crippen LogP contribution in [0.15, 0.2) is 54.7 Å². The molecule has 3 nitrogen and oxygen atoms in total. The van der Waals surface area contributed by atoms with Crippen LogP contribution in [-0.2, 0) is 6.54 Å². The standard InChI is InChI=1S/C20H17F3N2O/c21-20(22,23)26-16-8-4-13(5-9-16)11-24-19-10-18-15(12-25-19)2-1-3-17(18)14-6-7-14/h1-5,8-10,12,14H,6-7,11H2,(H,24,25). The van der Waals surface area contributed by atoms with Gasteiger partial charge in [-0.3, -0.25) is 0 Å². The van der Waals surface area contributed by atoms with Gasteiger partial charge in [0.15, 0.2) is 0 Å². The maximum Gasteiger partial charge on any atom is 0.573 e. The SMILES string of the molecule is FC(F)(F)Oc1ccc(CNc2cc3c(C4CC4)cccc3cn2)cc1. The normalized spacial score (nSPS) is 14.4. The third-order valence-corrected chi connectivity index (χ3v) is 4.45. The number of pyridine rings is 1. The van der Waals surface area contributed by atoms with Gasteiger partial charge in [-0.15, -0.1) is 13.2 Å². The first-order chi connectivity index (χ1) is 12.5. The number of benzene rings is 2. The highest BCUT2D eigenvalue weighted by Crippen LogP contribution is 2.43. The van der Waals surface area contributed by atoms with E-state index in [1.54, 1.807) is 12.1 Å². The fraction of sp³-hybridized carbons (Fsp3) is 0.250. The zero-order valence-corrected chi connectivity index (χ0v) is 13.9. The number of rotatable bonds is 5. The van der Waals surface area contributed by atoms with Crippen LogP contribution >= 0.6 is 0 Å². The van der Waals surface area contributed by atoms with Gasteiger partial charge in [-0.05, 0) is 53.5 Å². The smallest absolute Gasteiger partial charge is 0.406 e. The van der Waals surface area contributed by atoms with Crippen molar-refractivity contribution in [1.82, 2.24) is 4.98 Å². The lowest BCUT2D eigenvalue weighted by Crippen LogP contribution is -2.17. The van der Waals surface area contributed by atoms with Crippen molar-refractivity contribution in [3.05, 3.63) is 65.9 Å². The van der Waals surface area contributed by atoms with E-state index in [-0.39, 0.29) is 5.75 Å². The summed E-state index contributed by atoms with van der Waals surface area (Å²) in [4.78, 5) is 4.42. The minimum absolute atomic E-state index is 0.223. The molecule has 1 saturated carbocycles. The van der Waals surface area contributed by atoms with E-state index in [0.29, 0.717) is 12.5 Å². The molecule has 0 saturated heterocycles. The monoisotopic (exact) mass is 358 g/mol. The van der Waals surface area contributed by atoms with Crippen molar-refractivity contribution in [1.29, 1.82) is 0 Å². The van der Waals surface area contributed by atoms with Gasteiger partial charge in [0.25, 0.3) is 0 Å². The molecule has 1 heterocycles. The van der Waals surface area contributed by atoms with Crippen molar-refractivity contribution in [3.8, 4) is 5.75 Å². The predicted molar refractivity (Wildman–Crippen MR) is 94.2 cm³/mol. The Balaban J connectivity index is 1.47. The molecule has 26 heavy (non-hydrogen) atoms. The molecule has 0 bridgehead atoms. The number of fused-ring (bicyclic) bond motifs is 1. The number of ether oxygens (including phenoxy) is 1. The van der Waals surface area contributed by atoms with Gasteiger partial charge in [0.05, 0.1) is 0 Å². The van der Waals surface area contributed by atoms with Crippen molar-refractivity contribution < 1.29 is 17.9 Å². The maximum absolute atomic E-state index is 12.2. The molecule has 0 unspecified atom stereocenters. The second kappa shape index (κ2) is 6.52. The van der Waals surface area contributed by atoms with Crippen molar-refractivity contribution in [2.45, 2.75) is 31.7 Å². The summed E-state index contributed by atoms with van der Waals surface area (Å²) < 4.78 is 40.4. The number of anilines is 1. The van der Waals surface area contributed by atoms with E-state index in [1.165, 1.54) is 35.9 Å². The first-order valence-corrected chi connectivity index (χ1v) is 8.45. The van der Waals surface area contributed by atoms with Gasteiger partial charge in [0.2, 0.25) is 0 Å². The maximum atomic E-state index is 12.2. The van der Waals surface area contributed by atoms with Gasteiger partial charge < -0.3 is 10.1 Å². The van der Waals surface area contributed by atoms with E-state index >= 15 is 0 Å². The molecule has 1 aromatic heterocycles. The molecule has 134 valence electrons. The average Bonchev–Trinajstić information content (AvgIpc) is 3.44. The molecule has 4 rings (SSSR count). The van der Waals surface area contributed by atoms with Gasteiger partial charge in [0.1, 0.15) is 11.6 Å². The van der Waals surface area contributed by atoms with Gasteiger partial charge in [-0.25, -0.2) is 4.98 Å². The van der Waals surface area contributed by atoms with Crippen LogP contribution in [0.3, 0.4) is 0 Å². The number of alkyl halides is 3. The number of nitrogens with one attached hydrogen (secondary N) is 1. The molecule has 0 amide bonds. The molecule has 1 N–H and O–H groups in total. The van der Waals surface area contributed by atoms with Crippen LogP contribution in [0.4, 0.5) is 19.0 Å². The Morgan fingerprint density at radius 3 is 2.54 bits per heavy atom. The van der Waals surface area contributed by atoms with E-state index in [1.807, 2.05) is 12.3 Å². The van der Waals surface area contributed by atoms with E-state index in [2.05, 4.69) is 33.2 Å². The van der Waals surface area contributed by atoms with Crippen LogP contribution in [0.5, 0.6) is 5.75 Å². The van der Waals surface area contributed by atoms with Crippen LogP contribution in [0.25, 0.3) is 10.8 Å². The summed E-state index contributed by atoms with van der Waals surface area (Å²) in [5.74, 6) is 1.18. The van der Waals surface area contributed by atoms with Crippen LogP contribution < -0.4 is 10.1 Å². The Labute approximate surface area is 148 Å². The zero-order valence-electron chi connectivity index (χ0n) is 13.9. The second-order valence-corrected chi connectivity index (χ2v) is 6.46. The molecule has 3 aromatic rings. The molecule has 0 atom stereocenters. The molecule has 1 fully saturated rings. The minimum Gasteiger partial charge on any atom is -0.406 e. The summed E-state index contributed by atoms with van der Waals surface area (Å²) in [5.41, 5.74) is 2.21. The highest BCUT2D eigenvalue weighted by Gasteiger charge is 2.31. The first-order valence-electron chi connectivity index (χ1n) is 8.45. The number of nitrogens with zero attached hydrogens (tertiary/aromatic N) is 1. The summed E-state index contributed by atoms with van der Waals surface area (Å²) in [7, 11) is 0. The zero-order chi connectivity index (χ0) is 18.1. The third-order valence-electron chi connectivity index (χ3n) is 4.45. The fourth-order valence-electron chi connectivity index (χ4n) is 3.04. The predicted octanol–water partition coefficient (Wildman–Crippen LogP) is 5.62. The first kappa shape index (κ1) is 16.7. The Kier molecular flexibility index (Phi) is 4.18. The quantitative estimate of drug-likeness (QED) is 0.642. The number of aromatic nitrogens is 1. The molecule has 0 radical (unpaired) electrons. The van der Waals surface area contributed by atoms with Crippen LogP contribution in [0, 0.1) is 0 Å². The van der Waals surface area contributed by atoms with Crippen molar-refractivity contribution in [2.24, 2.45) is 0 Å². The van der Waals surface area contributed by atoms with Crippen LogP contribution in [-0.4, -0.2) is 11.3 Å². The molecular weight excluding hydrogens is 341 g/mol. The van der Waals surface area contributed by atoms with Crippen LogP contribution in [0.1, 0.15) is 29.9 Å². The number of halogens is 3. The van der Waals surface area contributed by atoms with E-state index in [9.17, 15) is 13.2 Å². The Hall–Kier alpha value is -2.76. The number of hydrogen-bond donors (Lipinski definition) is 1. The average molecular weight is 358 g/mol. The van der Waals surface area contributed by atoms with Gasteiger partial charge >= 0.3 is 6.36 Å². The molecule has 0 aliphatic heterocycles. The van der Waals surface area contributed by atoms with Crippen molar-refractivity contribution in [2.75, 3.05) is 5.32 Å². The lowest BCUT2D eigenvalue weighted by molar-refractivity contribution is -0.274. The van der Waals surface area contributed by atoms with Crippen molar-refractivity contribution in [3.63, 3.8) is 0 Å². The minimum atomic E-state index is -4.67. The molecule has 6 heteroatoms. The highest BCUT2D eigenvalue weighted by atomic mass is 19.4. The molecule has 2 aromatic carbocycles. The largest absolute Gasteiger partial charge is 0.573 e. The van der Waals surface area contributed by atoms with Gasteiger partial charge in [0, 0.05) is 18.1 Å². The fourth-order valence-corrected chi connectivity index (χ4v) is 3.04. The third kappa shape index (κ3) is 3.90. The summed E-state index contributed by atoms with van der Waals surface area (Å²) in [6, 6.07) is 14.2. The van der Waals surface area contributed by atoms with E-state index in [0.717, 1.165) is 16.8 Å². The van der Waals surface area contributed by atoms with E-state index in [4.69, 9.17) is 0 Å². The summed E-state index contributed by atoms with van der Waals surface area (Å²) in [6.45, 7) is 0.469. The lowest BCUT2D eigenvalue weighted by atomic mass is 10.0.